The molecule has 236 valence electrons. The molecule has 7 aromatic carbocycles. The Morgan fingerprint density at radius 2 is 0.551 bits per heavy atom. The van der Waals surface area contributed by atoms with Crippen LogP contribution < -0.4 is 9.80 Å². The Hall–Kier alpha value is -6.12. The summed E-state index contributed by atoms with van der Waals surface area (Å²) in [6, 6.07) is 71.8. The Morgan fingerprint density at radius 1 is 0.286 bits per heavy atom. The van der Waals surface area contributed by atoms with Crippen LogP contribution in [0.1, 0.15) is 35.4 Å². The molecule has 0 radical (unpaired) electrons. The molecule has 1 aliphatic rings. The van der Waals surface area contributed by atoms with Crippen molar-refractivity contribution >= 4 is 45.3 Å². The van der Waals surface area contributed by atoms with Crippen LogP contribution in [0.3, 0.4) is 0 Å². The molecule has 0 spiro atoms. The van der Waals surface area contributed by atoms with Gasteiger partial charge in [0.15, 0.2) is 0 Å². The second kappa shape index (κ2) is 13.9. The first-order valence-electron chi connectivity index (χ1n) is 17.1. The Kier molecular flexibility index (Phi) is 8.59. The van der Waals surface area contributed by atoms with Crippen molar-refractivity contribution < 1.29 is 0 Å². The van der Waals surface area contributed by atoms with Crippen LogP contribution in [0.25, 0.3) is 11.1 Å². The lowest BCUT2D eigenvalue weighted by molar-refractivity contribution is 0.764. The van der Waals surface area contributed by atoms with Gasteiger partial charge >= 0.3 is 0 Å². The fraction of sp³-hybridized carbons (Fsp3) is 0.0638. The second-order valence-electron chi connectivity index (χ2n) is 12.6. The average Bonchev–Trinajstić information content (AvgIpc) is 3.64. The molecule has 0 aromatic heterocycles. The molecule has 2 nitrogen and oxygen atoms in total. The molecule has 0 saturated heterocycles. The SMILES string of the molecule is c1ccc(C2CC(c3ccc(N(c4ccccc4)c4ccccc4)cc3)=C(c3ccc(N(c4ccccc4)c4ccccc4)cc3)C2)cc1. The molecule has 0 atom stereocenters. The van der Waals surface area contributed by atoms with Crippen molar-refractivity contribution in [2.45, 2.75) is 18.8 Å². The smallest absolute Gasteiger partial charge is 0.0462 e. The van der Waals surface area contributed by atoms with Crippen molar-refractivity contribution in [1.82, 2.24) is 0 Å². The van der Waals surface area contributed by atoms with E-state index in [-0.39, 0.29) is 0 Å². The largest absolute Gasteiger partial charge is 0.311 e. The van der Waals surface area contributed by atoms with Gasteiger partial charge in [0.05, 0.1) is 0 Å². The number of para-hydroxylation sites is 4. The summed E-state index contributed by atoms with van der Waals surface area (Å²) in [4.78, 5) is 4.65. The molecule has 49 heavy (non-hydrogen) atoms. The van der Waals surface area contributed by atoms with Crippen molar-refractivity contribution in [2.24, 2.45) is 0 Å². The number of hydrogen-bond donors (Lipinski definition) is 0. The number of allylic oxidation sites excluding steroid dienone is 2. The van der Waals surface area contributed by atoms with Crippen LogP contribution in [0.2, 0.25) is 0 Å². The molecule has 0 bridgehead atoms. The minimum absolute atomic E-state index is 0.445. The molecule has 0 heterocycles. The van der Waals surface area contributed by atoms with Crippen molar-refractivity contribution in [3.8, 4) is 0 Å². The summed E-state index contributed by atoms with van der Waals surface area (Å²) in [5.41, 5.74) is 13.7. The van der Waals surface area contributed by atoms with Crippen molar-refractivity contribution in [3.63, 3.8) is 0 Å². The molecule has 1 aliphatic carbocycles. The Bertz CT molecular complexity index is 1910. The minimum Gasteiger partial charge on any atom is -0.311 e. The van der Waals surface area contributed by atoms with E-state index < -0.39 is 0 Å². The van der Waals surface area contributed by atoms with Crippen LogP contribution in [-0.4, -0.2) is 0 Å². The summed E-state index contributed by atoms with van der Waals surface area (Å²) in [6.07, 6.45) is 2.03. The van der Waals surface area contributed by atoms with E-state index in [1.54, 1.807) is 0 Å². The maximum absolute atomic E-state index is 2.32. The Balaban J connectivity index is 1.17. The van der Waals surface area contributed by atoms with Crippen LogP contribution in [-0.2, 0) is 0 Å². The third-order valence-electron chi connectivity index (χ3n) is 9.54. The lowest BCUT2D eigenvalue weighted by Crippen LogP contribution is -2.09. The van der Waals surface area contributed by atoms with Crippen LogP contribution in [0.15, 0.2) is 200 Å². The van der Waals surface area contributed by atoms with Gasteiger partial charge in [-0.1, -0.05) is 127 Å². The number of nitrogens with zero attached hydrogens (tertiary/aromatic N) is 2. The molecule has 0 saturated carbocycles. The Labute approximate surface area is 289 Å². The molecular formula is C47H38N2. The van der Waals surface area contributed by atoms with E-state index in [4.69, 9.17) is 0 Å². The van der Waals surface area contributed by atoms with E-state index in [0.717, 1.165) is 47.0 Å². The molecule has 0 aliphatic heterocycles. The monoisotopic (exact) mass is 630 g/mol. The van der Waals surface area contributed by atoms with Gasteiger partial charge < -0.3 is 9.80 Å². The number of benzene rings is 7. The number of anilines is 6. The highest BCUT2D eigenvalue weighted by atomic mass is 15.1. The van der Waals surface area contributed by atoms with E-state index in [1.807, 2.05) is 0 Å². The molecule has 0 unspecified atom stereocenters. The van der Waals surface area contributed by atoms with Gasteiger partial charge in [-0.15, -0.1) is 0 Å². The van der Waals surface area contributed by atoms with Crippen LogP contribution in [0.5, 0.6) is 0 Å². The maximum Gasteiger partial charge on any atom is 0.0462 e. The average molecular weight is 631 g/mol. The molecule has 0 amide bonds. The van der Waals surface area contributed by atoms with E-state index in [9.17, 15) is 0 Å². The molecule has 8 rings (SSSR count). The van der Waals surface area contributed by atoms with E-state index in [2.05, 4.69) is 210 Å². The van der Waals surface area contributed by atoms with Gasteiger partial charge in [0.2, 0.25) is 0 Å². The van der Waals surface area contributed by atoms with E-state index >= 15 is 0 Å². The topological polar surface area (TPSA) is 6.48 Å². The number of rotatable bonds is 9. The minimum atomic E-state index is 0.445. The summed E-state index contributed by atoms with van der Waals surface area (Å²) < 4.78 is 0. The highest BCUT2D eigenvalue weighted by Crippen LogP contribution is 2.48. The second-order valence-corrected chi connectivity index (χ2v) is 12.6. The maximum atomic E-state index is 2.32. The molecule has 7 aromatic rings. The molecular weight excluding hydrogens is 593 g/mol. The van der Waals surface area contributed by atoms with Gasteiger partial charge in [-0.3, -0.25) is 0 Å². The lowest BCUT2D eigenvalue weighted by Gasteiger charge is -2.26. The summed E-state index contributed by atoms with van der Waals surface area (Å²) in [6.45, 7) is 0. The third kappa shape index (κ3) is 6.42. The normalized spacial score (nSPS) is 13.0. The summed E-state index contributed by atoms with van der Waals surface area (Å²) in [7, 11) is 0. The number of hydrogen-bond acceptors (Lipinski definition) is 2. The third-order valence-corrected chi connectivity index (χ3v) is 9.54. The van der Waals surface area contributed by atoms with Crippen molar-refractivity contribution in [3.05, 3.63) is 217 Å². The quantitative estimate of drug-likeness (QED) is 0.157. The predicted octanol–water partition coefficient (Wildman–Crippen LogP) is 13.1. The predicted molar refractivity (Wildman–Crippen MR) is 207 cm³/mol. The molecule has 0 fully saturated rings. The van der Waals surface area contributed by atoms with Gasteiger partial charge in [-0.25, -0.2) is 0 Å². The van der Waals surface area contributed by atoms with Gasteiger partial charge in [0.25, 0.3) is 0 Å². The fourth-order valence-electron chi connectivity index (χ4n) is 7.18. The van der Waals surface area contributed by atoms with Crippen LogP contribution in [0, 0.1) is 0 Å². The first-order chi connectivity index (χ1) is 24.3. The first-order valence-corrected chi connectivity index (χ1v) is 17.1. The molecule has 0 N–H and O–H groups in total. The lowest BCUT2D eigenvalue weighted by atomic mass is 9.94. The van der Waals surface area contributed by atoms with Crippen molar-refractivity contribution in [1.29, 1.82) is 0 Å². The zero-order valence-corrected chi connectivity index (χ0v) is 27.4. The van der Waals surface area contributed by atoms with Gasteiger partial charge in [-0.05, 0) is 119 Å². The molecule has 2 heteroatoms. The van der Waals surface area contributed by atoms with E-state index in [1.165, 1.54) is 27.8 Å². The first kappa shape index (κ1) is 30.2. The standard InChI is InChI=1S/C47H38N2/c1-6-16-36(17-7-1)39-34-46(37-26-30-44(31-27-37)48(40-18-8-2-9-19-40)41-20-10-3-11-21-41)47(35-39)38-28-32-45(33-29-38)49(42-22-12-4-13-23-42)43-24-14-5-15-25-43/h1-33,39H,34-35H2. The summed E-state index contributed by atoms with van der Waals surface area (Å²) in [5.74, 6) is 0.445. The zero-order chi connectivity index (χ0) is 32.8. The van der Waals surface area contributed by atoms with E-state index in [0.29, 0.717) is 5.92 Å². The Morgan fingerprint density at radius 3 is 0.857 bits per heavy atom. The van der Waals surface area contributed by atoms with Crippen LogP contribution in [0.4, 0.5) is 34.1 Å². The fourth-order valence-corrected chi connectivity index (χ4v) is 7.18. The van der Waals surface area contributed by atoms with Gasteiger partial charge in [0.1, 0.15) is 0 Å². The van der Waals surface area contributed by atoms with Crippen LogP contribution >= 0.6 is 0 Å². The zero-order valence-electron chi connectivity index (χ0n) is 27.4. The highest BCUT2D eigenvalue weighted by molar-refractivity contribution is 5.95. The summed E-state index contributed by atoms with van der Waals surface area (Å²) in [5, 5.41) is 0. The van der Waals surface area contributed by atoms with Crippen molar-refractivity contribution in [2.75, 3.05) is 9.80 Å². The summed E-state index contributed by atoms with van der Waals surface area (Å²) >= 11 is 0. The van der Waals surface area contributed by atoms with Gasteiger partial charge in [-0.2, -0.15) is 0 Å². The highest BCUT2D eigenvalue weighted by Gasteiger charge is 2.28. The van der Waals surface area contributed by atoms with Gasteiger partial charge in [0, 0.05) is 34.1 Å².